The molecule has 1 N–H and O–H groups in total. The summed E-state index contributed by atoms with van der Waals surface area (Å²) >= 11 is 1.60. The molecule has 0 radical (unpaired) electrons. The average Bonchev–Trinajstić information content (AvgIpc) is 3.06. The summed E-state index contributed by atoms with van der Waals surface area (Å²) in [6.45, 7) is 0.659. The summed E-state index contributed by atoms with van der Waals surface area (Å²) in [6, 6.07) is 8.24. The Morgan fingerprint density at radius 3 is 2.90 bits per heavy atom. The van der Waals surface area contributed by atoms with Crippen molar-refractivity contribution in [3.63, 3.8) is 0 Å². The first-order valence-corrected chi connectivity index (χ1v) is 7.57. The van der Waals surface area contributed by atoms with Crippen LogP contribution in [0.1, 0.15) is 5.69 Å². The van der Waals surface area contributed by atoms with E-state index in [0.717, 1.165) is 22.0 Å². The minimum Gasteiger partial charge on any atom is -0.480 e. The molecule has 3 aromatic rings. The fourth-order valence-corrected chi connectivity index (χ4v) is 3.05. The molecule has 0 unspecified atom stereocenters. The molecule has 3 rings (SSSR count). The van der Waals surface area contributed by atoms with Crippen LogP contribution in [0.25, 0.3) is 4.96 Å². The molecule has 110 valence electrons. The quantitative estimate of drug-likeness (QED) is 0.786. The zero-order valence-electron chi connectivity index (χ0n) is 12.3. The van der Waals surface area contributed by atoms with Crippen molar-refractivity contribution in [2.24, 2.45) is 0 Å². The van der Waals surface area contributed by atoms with E-state index in [1.165, 1.54) is 0 Å². The van der Waals surface area contributed by atoms with Crippen LogP contribution in [0.4, 0.5) is 11.4 Å². The van der Waals surface area contributed by atoms with Gasteiger partial charge in [0.05, 0.1) is 25.0 Å². The fourth-order valence-electron chi connectivity index (χ4n) is 2.33. The molecule has 6 heteroatoms. The van der Waals surface area contributed by atoms with Gasteiger partial charge in [0, 0.05) is 25.7 Å². The van der Waals surface area contributed by atoms with Gasteiger partial charge in [0.2, 0.25) is 5.88 Å². The Labute approximate surface area is 127 Å². The molecular formula is C15H18N4OS. The standard InChI is InChI=1S/C15H18N4OS/c1-18(2)12-7-5-4-6-11(12)16-10-13-14(20-3)17-15-19(13)8-9-21-15/h4-9,16H,10H2,1-3H3. The molecule has 0 fully saturated rings. The van der Waals surface area contributed by atoms with Crippen molar-refractivity contribution in [1.82, 2.24) is 9.38 Å². The van der Waals surface area contributed by atoms with Crippen molar-refractivity contribution in [3.05, 3.63) is 41.5 Å². The summed E-state index contributed by atoms with van der Waals surface area (Å²) in [5, 5.41) is 5.50. The number of imidazole rings is 1. The Hall–Kier alpha value is -2.21. The van der Waals surface area contributed by atoms with Gasteiger partial charge in [0.1, 0.15) is 5.69 Å². The Morgan fingerprint density at radius 2 is 2.14 bits per heavy atom. The molecule has 0 saturated carbocycles. The lowest BCUT2D eigenvalue weighted by Gasteiger charge is -2.18. The number of rotatable bonds is 5. The van der Waals surface area contributed by atoms with Gasteiger partial charge in [-0.25, -0.2) is 0 Å². The number of hydrogen-bond donors (Lipinski definition) is 1. The van der Waals surface area contributed by atoms with Crippen molar-refractivity contribution in [2.45, 2.75) is 6.54 Å². The number of hydrogen-bond acceptors (Lipinski definition) is 5. The van der Waals surface area contributed by atoms with Crippen LogP contribution in [0.3, 0.4) is 0 Å². The number of methoxy groups -OCH3 is 1. The largest absolute Gasteiger partial charge is 0.480 e. The van der Waals surface area contributed by atoms with Gasteiger partial charge < -0.3 is 15.0 Å². The molecule has 0 bridgehead atoms. The second-order valence-corrected chi connectivity index (χ2v) is 5.76. The predicted molar refractivity (Wildman–Crippen MR) is 87.7 cm³/mol. The molecule has 0 saturated heterocycles. The monoisotopic (exact) mass is 302 g/mol. The third-order valence-electron chi connectivity index (χ3n) is 3.35. The molecule has 0 aliphatic heterocycles. The lowest BCUT2D eigenvalue weighted by molar-refractivity contribution is 0.395. The Bertz CT molecular complexity index is 747. The summed E-state index contributed by atoms with van der Waals surface area (Å²) in [5.41, 5.74) is 3.28. The van der Waals surface area contributed by atoms with Crippen LogP contribution in [-0.2, 0) is 6.54 Å². The molecule has 0 aliphatic rings. The van der Waals surface area contributed by atoms with Gasteiger partial charge in [0.15, 0.2) is 4.96 Å². The lowest BCUT2D eigenvalue weighted by Crippen LogP contribution is -2.12. The van der Waals surface area contributed by atoms with E-state index in [0.29, 0.717) is 12.4 Å². The van der Waals surface area contributed by atoms with Crippen LogP contribution in [0.2, 0.25) is 0 Å². The van der Waals surface area contributed by atoms with E-state index < -0.39 is 0 Å². The molecule has 0 spiro atoms. The zero-order valence-corrected chi connectivity index (χ0v) is 13.1. The van der Waals surface area contributed by atoms with Crippen molar-refractivity contribution in [2.75, 3.05) is 31.4 Å². The Balaban J connectivity index is 1.88. The van der Waals surface area contributed by atoms with E-state index in [4.69, 9.17) is 4.74 Å². The number of para-hydroxylation sites is 2. The third kappa shape index (κ3) is 2.54. The number of nitrogens with one attached hydrogen (secondary N) is 1. The summed E-state index contributed by atoms with van der Waals surface area (Å²) in [7, 11) is 5.73. The number of ether oxygens (including phenoxy) is 1. The SMILES string of the molecule is COc1nc2sccn2c1CNc1ccccc1N(C)C. The summed E-state index contributed by atoms with van der Waals surface area (Å²) in [6.07, 6.45) is 2.02. The van der Waals surface area contributed by atoms with Crippen LogP contribution < -0.4 is 15.0 Å². The van der Waals surface area contributed by atoms with Crippen LogP contribution in [0, 0.1) is 0 Å². The van der Waals surface area contributed by atoms with E-state index in [1.807, 2.05) is 37.8 Å². The molecule has 0 aliphatic carbocycles. The van der Waals surface area contributed by atoms with Crippen molar-refractivity contribution >= 4 is 27.7 Å². The molecule has 2 aromatic heterocycles. The second kappa shape index (κ2) is 5.65. The molecule has 0 amide bonds. The molecule has 0 atom stereocenters. The van der Waals surface area contributed by atoms with Gasteiger partial charge >= 0.3 is 0 Å². The van der Waals surface area contributed by atoms with Gasteiger partial charge in [-0.05, 0) is 12.1 Å². The van der Waals surface area contributed by atoms with Crippen molar-refractivity contribution < 1.29 is 4.74 Å². The molecule has 5 nitrogen and oxygen atoms in total. The number of thiazole rings is 1. The highest BCUT2D eigenvalue weighted by Crippen LogP contribution is 2.27. The van der Waals surface area contributed by atoms with E-state index >= 15 is 0 Å². The summed E-state index contributed by atoms with van der Waals surface area (Å²) in [5.74, 6) is 0.677. The Morgan fingerprint density at radius 1 is 1.33 bits per heavy atom. The molecular weight excluding hydrogens is 284 g/mol. The molecule has 1 aromatic carbocycles. The van der Waals surface area contributed by atoms with E-state index in [9.17, 15) is 0 Å². The van der Waals surface area contributed by atoms with Crippen molar-refractivity contribution in [1.29, 1.82) is 0 Å². The fraction of sp³-hybridized carbons (Fsp3) is 0.267. The number of fused-ring (bicyclic) bond motifs is 1. The smallest absolute Gasteiger partial charge is 0.238 e. The van der Waals surface area contributed by atoms with Crippen molar-refractivity contribution in [3.8, 4) is 5.88 Å². The van der Waals surface area contributed by atoms with Gasteiger partial charge in [-0.15, -0.1) is 11.3 Å². The van der Waals surface area contributed by atoms with E-state index in [1.54, 1.807) is 18.4 Å². The van der Waals surface area contributed by atoms with E-state index in [2.05, 4.69) is 31.7 Å². The first kappa shape index (κ1) is 13.8. The first-order valence-electron chi connectivity index (χ1n) is 6.69. The Kier molecular flexibility index (Phi) is 3.70. The van der Waals surface area contributed by atoms with Crippen LogP contribution in [-0.4, -0.2) is 30.6 Å². The average molecular weight is 302 g/mol. The minimum atomic E-state index is 0.659. The third-order valence-corrected chi connectivity index (χ3v) is 4.11. The van der Waals surface area contributed by atoms with Gasteiger partial charge in [-0.1, -0.05) is 12.1 Å². The molecule has 21 heavy (non-hydrogen) atoms. The highest BCUT2D eigenvalue weighted by atomic mass is 32.1. The number of nitrogens with zero attached hydrogens (tertiary/aromatic N) is 3. The topological polar surface area (TPSA) is 41.8 Å². The second-order valence-electron chi connectivity index (χ2n) is 4.89. The minimum absolute atomic E-state index is 0.659. The highest BCUT2D eigenvalue weighted by Gasteiger charge is 2.14. The highest BCUT2D eigenvalue weighted by molar-refractivity contribution is 7.15. The summed E-state index contributed by atoms with van der Waals surface area (Å²) in [4.78, 5) is 7.51. The number of aromatic nitrogens is 2. The lowest BCUT2D eigenvalue weighted by atomic mass is 10.2. The van der Waals surface area contributed by atoms with Gasteiger partial charge in [-0.2, -0.15) is 4.98 Å². The van der Waals surface area contributed by atoms with E-state index in [-0.39, 0.29) is 0 Å². The maximum absolute atomic E-state index is 5.38. The van der Waals surface area contributed by atoms with Crippen LogP contribution >= 0.6 is 11.3 Å². The predicted octanol–water partition coefficient (Wildman–Crippen LogP) is 3.08. The maximum atomic E-state index is 5.38. The van der Waals surface area contributed by atoms with Crippen LogP contribution in [0.15, 0.2) is 35.8 Å². The molecule has 2 heterocycles. The number of anilines is 2. The number of benzene rings is 1. The summed E-state index contributed by atoms with van der Waals surface area (Å²) < 4.78 is 7.44. The van der Waals surface area contributed by atoms with Gasteiger partial charge in [0.25, 0.3) is 0 Å². The first-order chi connectivity index (χ1) is 10.2. The van der Waals surface area contributed by atoms with Crippen LogP contribution in [0.5, 0.6) is 5.88 Å². The zero-order chi connectivity index (χ0) is 14.8. The maximum Gasteiger partial charge on any atom is 0.238 e. The normalized spacial score (nSPS) is 10.8. The van der Waals surface area contributed by atoms with Gasteiger partial charge in [-0.3, -0.25) is 4.40 Å².